The van der Waals surface area contributed by atoms with E-state index in [0.717, 1.165) is 4.47 Å². The Balaban J connectivity index is 2.33. The quantitative estimate of drug-likeness (QED) is 0.712. The van der Waals surface area contributed by atoms with Crippen molar-refractivity contribution in [3.05, 3.63) is 58.1 Å². The predicted octanol–water partition coefficient (Wildman–Crippen LogP) is 5.38. The Morgan fingerprint density at radius 2 is 1.71 bits per heavy atom. The van der Waals surface area contributed by atoms with Crippen molar-refractivity contribution in [2.24, 2.45) is 0 Å². The average Bonchev–Trinajstić information content (AvgIpc) is 2.31. The first-order chi connectivity index (χ1) is 8.20. The SMILES string of the molecule is CCCc1ccc(-c2ccc(Br)cc2C)cc1. The molecule has 2 aromatic rings. The molecule has 0 N–H and O–H groups in total. The molecule has 1 heteroatoms. The van der Waals surface area contributed by atoms with E-state index in [0.29, 0.717) is 0 Å². The molecule has 0 spiro atoms. The smallest absolute Gasteiger partial charge is 0.0178 e. The van der Waals surface area contributed by atoms with Gasteiger partial charge in [0.2, 0.25) is 0 Å². The van der Waals surface area contributed by atoms with Crippen LogP contribution in [0.1, 0.15) is 24.5 Å². The molecule has 17 heavy (non-hydrogen) atoms. The van der Waals surface area contributed by atoms with Gasteiger partial charge in [0.15, 0.2) is 0 Å². The summed E-state index contributed by atoms with van der Waals surface area (Å²) in [6.07, 6.45) is 2.37. The second-order valence-corrected chi connectivity index (χ2v) is 5.32. The molecule has 0 atom stereocenters. The van der Waals surface area contributed by atoms with E-state index in [1.165, 1.54) is 35.1 Å². The largest absolute Gasteiger partial charge is 0.0651 e. The first-order valence-electron chi connectivity index (χ1n) is 6.06. The molecule has 0 saturated heterocycles. The third kappa shape index (κ3) is 2.98. The van der Waals surface area contributed by atoms with E-state index in [9.17, 15) is 0 Å². The lowest BCUT2D eigenvalue weighted by Gasteiger charge is -2.07. The molecule has 0 aliphatic carbocycles. The zero-order valence-electron chi connectivity index (χ0n) is 10.3. The molecule has 0 bridgehead atoms. The molecule has 2 aromatic carbocycles. The van der Waals surface area contributed by atoms with Crippen LogP contribution < -0.4 is 0 Å². The Morgan fingerprint density at radius 1 is 1.00 bits per heavy atom. The first-order valence-corrected chi connectivity index (χ1v) is 6.85. The maximum atomic E-state index is 3.50. The van der Waals surface area contributed by atoms with E-state index in [4.69, 9.17) is 0 Å². The van der Waals surface area contributed by atoms with Gasteiger partial charge in [-0.1, -0.05) is 59.6 Å². The van der Waals surface area contributed by atoms with Crippen LogP contribution in [-0.4, -0.2) is 0 Å². The van der Waals surface area contributed by atoms with E-state index in [-0.39, 0.29) is 0 Å². The molecule has 0 radical (unpaired) electrons. The van der Waals surface area contributed by atoms with Crippen molar-refractivity contribution in [3.63, 3.8) is 0 Å². The molecule has 0 unspecified atom stereocenters. The number of rotatable bonds is 3. The van der Waals surface area contributed by atoms with Crippen molar-refractivity contribution in [2.75, 3.05) is 0 Å². The molecule has 0 saturated carbocycles. The molecule has 0 heterocycles. The van der Waals surface area contributed by atoms with Crippen LogP contribution in [0.5, 0.6) is 0 Å². The summed E-state index contributed by atoms with van der Waals surface area (Å²) in [5, 5.41) is 0. The van der Waals surface area contributed by atoms with Crippen LogP contribution in [0.15, 0.2) is 46.9 Å². The molecule has 0 fully saturated rings. The van der Waals surface area contributed by atoms with Crippen LogP contribution >= 0.6 is 15.9 Å². The van der Waals surface area contributed by atoms with Gasteiger partial charge in [-0.15, -0.1) is 0 Å². The zero-order chi connectivity index (χ0) is 12.3. The van der Waals surface area contributed by atoms with Crippen molar-refractivity contribution < 1.29 is 0 Å². The minimum absolute atomic E-state index is 1.14. The maximum Gasteiger partial charge on any atom is 0.0178 e. The van der Waals surface area contributed by atoms with E-state index < -0.39 is 0 Å². The van der Waals surface area contributed by atoms with E-state index in [1.807, 2.05) is 0 Å². The highest BCUT2D eigenvalue weighted by Crippen LogP contribution is 2.26. The van der Waals surface area contributed by atoms with Gasteiger partial charge in [-0.3, -0.25) is 0 Å². The normalized spacial score (nSPS) is 10.5. The van der Waals surface area contributed by atoms with Gasteiger partial charge in [0.1, 0.15) is 0 Å². The summed E-state index contributed by atoms with van der Waals surface area (Å²) in [7, 11) is 0. The van der Waals surface area contributed by atoms with Gasteiger partial charge in [-0.25, -0.2) is 0 Å². The van der Waals surface area contributed by atoms with Crippen LogP contribution in [0.4, 0.5) is 0 Å². The average molecular weight is 289 g/mol. The Bertz CT molecular complexity index is 497. The fraction of sp³-hybridized carbons (Fsp3) is 0.250. The molecular weight excluding hydrogens is 272 g/mol. The minimum atomic E-state index is 1.14. The highest BCUT2D eigenvalue weighted by atomic mass is 79.9. The summed E-state index contributed by atoms with van der Waals surface area (Å²) in [6, 6.07) is 15.4. The molecule has 0 nitrogen and oxygen atoms in total. The summed E-state index contributed by atoms with van der Waals surface area (Å²) in [6.45, 7) is 4.37. The molecule has 0 aliphatic heterocycles. The van der Waals surface area contributed by atoms with Gasteiger partial charge >= 0.3 is 0 Å². The summed E-state index contributed by atoms with van der Waals surface area (Å²) >= 11 is 3.50. The predicted molar refractivity (Wildman–Crippen MR) is 78.3 cm³/mol. The maximum absolute atomic E-state index is 3.50. The number of hydrogen-bond acceptors (Lipinski definition) is 0. The fourth-order valence-electron chi connectivity index (χ4n) is 2.09. The molecule has 0 aliphatic rings. The lowest BCUT2D eigenvalue weighted by atomic mass is 9.99. The number of halogens is 1. The van der Waals surface area contributed by atoms with E-state index >= 15 is 0 Å². The van der Waals surface area contributed by atoms with E-state index in [2.05, 4.69) is 72.2 Å². The Labute approximate surface area is 112 Å². The van der Waals surface area contributed by atoms with Crippen LogP contribution in [-0.2, 0) is 6.42 Å². The number of aryl methyl sites for hydroxylation is 2. The third-order valence-corrected chi connectivity index (χ3v) is 3.49. The highest BCUT2D eigenvalue weighted by Gasteiger charge is 2.02. The number of hydrogen-bond donors (Lipinski definition) is 0. The monoisotopic (exact) mass is 288 g/mol. The Hall–Kier alpha value is -1.08. The van der Waals surface area contributed by atoms with Crippen molar-refractivity contribution in [2.45, 2.75) is 26.7 Å². The van der Waals surface area contributed by atoms with Crippen molar-refractivity contribution in [3.8, 4) is 11.1 Å². The second kappa shape index (κ2) is 5.50. The Morgan fingerprint density at radius 3 is 2.29 bits per heavy atom. The molecule has 0 amide bonds. The topological polar surface area (TPSA) is 0 Å². The fourth-order valence-corrected chi connectivity index (χ4v) is 2.57. The zero-order valence-corrected chi connectivity index (χ0v) is 11.9. The van der Waals surface area contributed by atoms with Crippen LogP contribution in [0.25, 0.3) is 11.1 Å². The number of benzene rings is 2. The summed E-state index contributed by atoms with van der Waals surface area (Å²) in [4.78, 5) is 0. The van der Waals surface area contributed by atoms with Crippen molar-refractivity contribution >= 4 is 15.9 Å². The van der Waals surface area contributed by atoms with Crippen LogP contribution in [0.2, 0.25) is 0 Å². The van der Waals surface area contributed by atoms with Crippen LogP contribution in [0, 0.1) is 6.92 Å². The lowest BCUT2D eigenvalue weighted by molar-refractivity contribution is 0.922. The minimum Gasteiger partial charge on any atom is -0.0651 e. The standard InChI is InChI=1S/C16H17Br/c1-3-4-13-5-7-14(8-6-13)16-10-9-15(17)11-12(16)2/h5-11H,3-4H2,1-2H3. The van der Waals surface area contributed by atoms with Gasteiger partial charge in [-0.2, -0.15) is 0 Å². The second-order valence-electron chi connectivity index (χ2n) is 4.41. The van der Waals surface area contributed by atoms with Crippen LogP contribution in [0.3, 0.4) is 0 Å². The molecular formula is C16H17Br. The van der Waals surface area contributed by atoms with Gasteiger partial charge in [0, 0.05) is 4.47 Å². The highest BCUT2D eigenvalue weighted by molar-refractivity contribution is 9.10. The van der Waals surface area contributed by atoms with Gasteiger partial charge in [-0.05, 0) is 47.7 Å². The molecule has 2 rings (SSSR count). The summed E-state index contributed by atoms with van der Waals surface area (Å²) < 4.78 is 1.14. The van der Waals surface area contributed by atoms with Gasteiger partial charge in [0.25, 0.3) is 0 Å². The lowest BCUT2D eigenvalue weighted by Crippen LogP contribution is -1.86. The molecule has 0 aromatic heterocycles. The molecule has 88 valence electrons. The van der Waals surface area contributed by atoms with Gasteiger partial charge < -0.3 is 0 Å². The Kier molecular flexibility index (Phi) is 4.01. The summed E-state index contributed by atoms with van der Waals surface area (Å²) in [5.41, 5.74) is 5.35. The third-order valence-electron chi connectivity index (χ3n) is 2.99. The first kappa shape index (κ1) is 12.4. The summed E-state index contributed by atoms with van der Waals surface area (Å²) in [5.74, 6) is 0. The van der Waals surface area contributed by atoms with Crippen molar-refractivity contribution in [1.82, 2.24) is 0 Å². The van der Waals surface area contributed by atoms with E-state index in [1.54, 1.807) is 0 Å². The van der Waals surface area contributed by atoms with Crippen molar-refractivity contribution in [1.29, 1.82) is 0 Å². The van der Waals surface area contributed by atoms with Gasteiger partial charge in [0.05, 0.1) is 0 Å².